The summed E-state index contributed by atoms with van der Waals surface area (Å²) < 4.78 is 32.7. The van der Waals surface area contributed by atoms with Crippen molar-refractivity contribution in [3.05, 3.63) is 59.6 Å². The van der Waals surface area contributed by atoms with Gasteiger partial charge in [-0.05, 0) is 37.6 Å². The number of halogens is 2. The summed E-state index contributed by atoms with van der Waals surface area (Å²) in [5, 5.41) is 2.75. The maximum absolute atomic E-state index is 13.7. The van der Waals surface area contributed by atoms with Crippen molar-refractivity contribution in [2.45, 2.75) is 32.4 Å². The third-order valence-electron chi connectivity index (χ3n) is 4.47. The lowest BCUT2D eigenvalue weighted by Crippen LogP contribution is -2.39. The third kappa shape index (κ3) is 4.09. The Balaban J connectivity index is 1.55. The average Bonchev–Trinajstić information content (AvgIpc) is 3.22. The second-order valence-corrected chi connectivity index (χ2v) is 6.57. The Morgan fingerprint density at radius 2 is 2.04 bits per heavy atom. The highest BCUT2D eigenvalue weighted by atomic mass is 19.1. The highest BCUT2D eigenvalue weighted by Gasteiger charge is 2.35. The minimum Gasteiger partial charge on any atom is -0.467 e. The van der Waals surface area contributed by atoms with Crippen molar-refractivity contribution in [2.24, 2.45) is 5.92 Å². The molecule has 0 radical (unpaired) electrons. The van der Waals surface area contributed by atoms with Crippen molar-refractivity contribution in [1.82, 2.24) is 10.2 Å². The first kappa shape index (κ1) is 18.1. The van der Waals surface area contributed by atoms with Crippen LogP contribution >= 0.6 is 0 Å². The maximum Gasteiger partial charge on any atom is 0.225 e. The van der Waals surface area contributed by atoms with Crippen LogP contribution in [0.4, 0.5) is 8.78 Å². The molecule has 3 rings (SSSR count). The highest BCUT2D eigenvalue weighted by Crippen LogP contribution is 2.21. The van der Waals surface area contributed by atoms with Crippen LogP contribution in [-0.2, 0) is 22.6 Å². The predicted molar refractivity (Wildman–Crippen MR) is 89.9 cm³/mol. The molecule has 1 N–H and O–H groups in total. The Kier molecular flexibility index (Phi) is 5.35. The van der Waals surface area contributed by atoms with Gasteiger partial charge in [-0.3, -0.25) is 9.59 Å². The summed E-state index contributed by atoms with van der Waals surface area (Å²) in [5.74, 6) is -1.49. The van der Waals surface area contributed by atoms with Gasteiger partial charge < -0.3 is 14.6 Å². The molecule has 0 bridgehead atoms. The lowest BCUT2D eigenvalue weighted by Gasteiger charge is -2.18. The molecule has 2 amide bonds. The van der Waals surface area contributed by atoms with Crippen LogP contribution < -0.4 is 5.32 Å². The second-order valence-electron chi connectivity index (χ2n) is 6.57. The van der Waals surface area contributed by atoms with Crippen LogP contribution in [0.1, 0.15) is 24.7 Å². The fourth-order valence-corrected chi connectivity index (χ4v) is 3.14. The zero-order valence-electron chi connectivity index (χ0n) is 14.4. The van der Waals surface area contributed by atoms with E-state index in [1.165, 1.54) is 24.5 Å². The Bertz CT molecular complexity index is 772. The fourth-order valence-electron chi connectivity index (χ4n) is 3.14. The molecule has 1 saturated heterocycles. The van der Waals surface area contributed by atoms with Crippen LogP contribution in [0.5, 0.6) is 0 Å². The van der Waals surface area contributed by atoms with Gasteiger partial charge in [-0.1, -0.05) is 6.07 Å². The molecule has 2 aromatic rings. The van der Waals surface area contributed by atoms with E-state index in [1.54, 1.807) is 24.0 Å². The molecule has 7 heteroatoms. The van der Waals surface area contributed by atoms with E-state index >= 15 is 0 Å². The fraction of sp³-hybridized carbons (Fsp3) is 0.368. The Hall–Kier alpha value is -2.70. The van der Waals surface area contributed by atoms with Gasteiger partial charge in [0.15, 0.2) is 0 Å². The van der Waals surface area contributed by atoms with E-state index in [4.69, 9.17) is 4.42 Å². The molecule has 0 spiro atoms. The summed E-state index contributed by atoms with van der Waals surface area (Å²) in [5.41, 5.74) is -0.0535. The summed E-state index contributed by atoms with van der Waals surface area (Å²) in [7, 11) is 0. The quantitative estimate of drug-likeness (QED) is 0.859. The summed E-state index contributed by atoms with van der Waals surface area (Å²) >= 11 is 0. The lowest BCUT2D eigenvalue weighted by atomic mass is 10.0. The number of likely N-dealkylation sites (tertiary alicyclic amines) is 1. The van der Waals surface area contributed by atoms with Crippen molar-refractivity contribution >= 4 is 11.8 Å². The lowest BCUT2D eigenvalue weighted by molar-refractivity contribution is -0.129. The van der Waals surface area contributed by atoms with Gasteiger partial charge in [-0.2, -0.15) is 0 Å². The molecular weight excluding hydrogens is 342 g/mol. The molecule has 1 fully saturated rings. The highest BCUT2D eigenvalue weighted by molar-refractivity contribution is 5.89. The van der Waals surface area contributed by atoms with E-state index < -0.39 is 23.6 Å². The van der Waals surface area contributed by atoms with Crippen LogP contribution in [0.25, 0.3) is 0 Å². The molecule has 2 atom stereocenters. The van der Waals surface area contributed by atoms with Crippen molar-refractivity contribution in [3.8, 4) is 0 Å². The summed E-state index contributed by atoms with van der Waals surface area (Å²) in [6.45, 7) is 2.30. The number of rotatable bonds is 6. The van der Waals surface area contributed by atoms with E-state index in [-0.39, 0.29) is 30.2 Å². The molecule has 26 heavy (non-hydrogen) atoms. The monoisotopic (exact) mass is 362 g/mol. The van der Waals surface area contributed by atoms with Crippen molar-refractivity contribution < 1.29 is 22.8 Å². The number of nitrogens with one attached hydrogen (secondary N) is 1. The number of nitrogens with zero attached hydrogens (tertiary/aromatic N) is 1. The molecule has 2 heterocycles. The standard InChI is InChI=1S/C19H20F2N2O3/c1-12(8-15-16(20)5-2-6-17(15)21)22-19(25)13-9-18(24)23(10-13)11-14-4-3-7-26-14/h2-7,12-13H,8-11H2,1H3,(H,22,25). The van der Waals surface area contributed by atoms with E-state index in [9.17, 15) is 18.4 Å². The third-order valence-corrected chi connectivity index (χ3v) is 4.47. The number of hydrogen-bond donors (Lipinski definition) is 1. The van der Waals surface area contributed by atoms with Gasteiger partial charge in [0, 0.05) is 24.6 Å². The molecule has 2 unspecified atom stereocenters. The molecular formula is C19H20F2N2O3. The van der Waals surface area contributed by atoms with Crippen LogP contribution in [0, 0.1) is 17.6 Å². The van der Waals surface area contributed by atoms with Gasteiger partial charge in [0.1, 0.15) is 17.4 Å². The first-order valence-electron chi connectivity index (χ1n) is 8.47. The average molecular weight is 362 g/mol. The van der Waals surface area contributed by atoms with E-state index in [0.29, 0.717) is 18.8 Å². The van der Waals surface area contributed by atoms with E-state index in [2.05, 4.69) is 5.32 Å². The second kappa shape index (κ2) is 7.68. The van der Waals surface area contributed by atoms with Crippen LogP contribution in [0.3, 0.4) is 0 Å². The molecule has 1 aliphatic heterocycles. The number of amides is 2. The largest absolute Gasteiger partial charge is 0.467 e. The molecule has 138 valence electrons. The van der Waals surface area contributed by atoms with Gasteiger partial charge in [-0.15, -0.1) is 0 Å². The zero-order chi connectivity index (χ0) is 18.7. The van der Waals surface area contributed by atoms with E-state index in [1.807, 2.05) is 0 Å². The Morgan fingerprint density at radius 1 is 1.31 bits per heavy atom. The first-order valence-corrected chi connectivity index (χ1v) is 8.47. The minimum absolute atomic E-state index is 0.0427. The van der Waals surface area contributed by atoms with E-state index in [0.717, 1.165) is 0 Å². The maximum atomic E-state index is 13.7. The first-order chi connectivity index (χ1) is 12.4. The van der Waals surface area contributed by atoms with Crippen molar-refractivity contribution in [1.29, 1.82) is 0 Å². The summed E-state index contributed by atoms with van der Waals surface area (Å²) in [6, 6.07) is 6.73. The van der Waals surface area contributed by atoms with Crippen LogP contribution in [0.15, 0.2) is 41.0 Å². The number of carbonyl (C=O) groups is 2. The molecule has 1 aromatic carbocycles. The Labute approximate surface area is 150 Å². The number of furan rings is 1. The normalized spacial score (nSPS) is 18.2. The van der Waals surface area contributed by atoms with Gasteiger partial charge in [0.2, 0.25) is 11.8 Å². The SMILES string of the molecule is CC(Cc1c(F)cccc1F)NC(=O)C1CC(=O)N(Cc2ccco2)C1. The Morgan fingerprint density at radius 3 is 2.69 bits per heavy atom. The molecule has 0 saturated carbocycles. The molecule has 1 aliphatic rings. The summed E-state index contributed by atoms with van der Waals surface area (Å²) in [4.78, 5) is 26.1. The van der Waals surface area contributed by atoms with Gasteiger partial charge in [0.25, 0.3) is 0 Å². The van der Waals surface area contributed by atoms with Crippen LogP contribution in [0.2, 0.25) is 0 Å². The number of carbonyl (C=O) groups excluding carboxylic acids is 2. The smallest absolute Gasteiger partial charge is 0.225 e. The summed E-state index contributed by atoms with van der Waals surface area (Å²) in [6.07, 6.45) is 1.69. The predicted octanol–water partition coefficient (Wildman–Crippen LogP) is 2.65. The van der Waals surface area contributed by atoms with Gasteiger partial charge in [0.05, 0.1) is 18.7 Å². The molecule has 1 aromatic heterocycles. The number of hydrogen-bond acceptors (Lipinski definition) is 3. The molecule has 0 aliphatic carbocycles. The zero-order valence-corrected chi connectivity index (χ0v) is 14.4. The van der Waals surface area contributed by atoms with Gasteiger partial charge in [-0.25, -0.2) is 8.78 Å². The minimum atomic E-state index is -0.633. The van der Waals surface area contributed by atoms with Crippen molar-refractivity contribution in [3.63, 3.8) is 0 Å². The van der Waals surface area contributed by atoms with Gasteiger partial charge >= 0.3 is 0 Å². The number of benzene rings is 1. The molecule has 5 nitrogen and oxygen atoms in total. The van der Waals surface area contributed by atoms with Crippen molar-refractivity contribution in [2.75, 3.05) is 6.54 Å². The van der Waals surface area contributed by atoms with Crippen LogP contribution in [-0.4, -0.2) is 29.3 Å². The topological polar surface area (TPSA) is 62.6 Å².